The quantitative estimate of drug-likeness (QED) is 0.836. The maximum absolute atomic E-state index is 12.6. The predicted molar refractivity (Wildman–Crippen MR) is 110 cm³/mol. The van der Waals surface area contributed by atoms with Crippen LogP contribution < -0.4 is 10.1 Å². The number of nitrogens with one attached hydrogen (secondary N) is 1. The lowest BCUT2D eigenvalue weighted by Gasteiger charge is -2.32. The van der Waals surface area contributed by atoms with Crippen molar-refractivity contribution in [1.82, 2.24) is 10.2 Å². The fraction of sp³-hybridized carbons (Fsp3) is 0.391. The average molecular weight is 380 g/mol. The largest absolute Gasteiger partial charge is 0.494 e. The van der Waals surface area contributed by atoms with Gasteiger partial charge in [-0.3, -0.25) is 9.59 Å². The summed E-state index contributed by atoms with van der Waals surface area (Å²) in [6.07, 6.45) is 1.96. The summed E-state index contributed by atoms with van der Waals surface area (Å²) in [5.74, 6) is 0.912. The summed E-state index contributed by atoms with van der Waals surface area (Å²) >= 11 is 0. The molecule has 0 bridgehead atoms. The number of likely N-dealkylation sites (tertiary alicyclic amines) is 1. The van der Waals surface area contributed by atoms with Crippen molar-refractivity contribution in [3.8, 4) is 5.75 Å². The maximum atomic E-state index is 12.6. The number of carbonyl (C=O) groups excluding carboxylic acids is 2. The molecule has 0 aliphatic carbocycles. The van der Waals surface area contributed by atoms with E-state index in [1.54, 1.807) is 0 Å². The monoisotopic (exact) mass is 380 g/mol. The summed E-state index contributed by atoms with van der Waals surface area (Å²) in [4.78, 5) is 26.8. The number of carbonyl (C=O) groups is 2. The second-order valence-electron chi connectivity index (χ2n) is 7.25. The Labute approximate surface area is 166 Å². The fourth-order valence-corrected chi connectivity index (χ4v) is 3.40. The number of aryl methyl sites for hydroxylation is 1. The van der Waals surface area contributed by atoms with Crippen LogP contribution in [-0.2, 0) is 11.2 Å². The van der Waals surface area contributed by atoms with Crippen molar-refractivity contribution in [2.75, 3.05) is 19.7 Å². The number of hydrogen-bond donors (Lipinski definition) is 1. The summed E-state index contributed by atoms with van der Waals surface area (Å²) in [6, 6.07) is 15.4. The van der Waals surface area contributed by atoms with Gasteiger partial charge in [0.1, 0.15) is 5.75 Å². The third-order valence-electron chi connectivity index (χ3n) is 5.09. The molecule has 1 aliphatic rings. The van der Waals surface area contributed by atoms with Crippen LogP contribution in [0, 0.1) is 6.92 Å². The van der Waals surface area contributed by atoms with Gasteiger partial charge in [0.15, 0.2) is 0 Å². The van der Waals surface area contributed by atoms with Crippen LogP contribution in [0.1, 0.15) is 41.3 Å². The highest BCUT2D eigenvalue weighted by Gasteiger charge is 2.24. The zero-order chi connectivity index (χ0) is 19.9. The summed E-state index contributed by atoms with van der Waals surface area (Å²) in [5, 5.41) is 3.09. The van der Waals surface area contributed by atoms with Crippen molar-refractivity contribution in [2.24, 2.45) is 0 Å². The van der Waals surface area contributed by atoms with E-state index < -0.39 is 0 Å². The Morgan fingerprint density at radius 3 is 2.29 bits per heavy atom. The zero-order valence-corrected chi connectivity index (χ0v) is 16.6. The van der Waals surface area contributed by atoms with Gasteiger partial charge < -0.3 is 15.0 Å². The van der Waals surface area contributed by atoms with E-state index in [0.717, 1.165) is 29.7 Å². The van der Waals surface area contributed by atoms with Crippen LogP contribution >= 0.6 is 0 Å². The molecule has 0 spiro atoms. The van der Waals surface area contributed by atoms with E-state index in [9.17, 15) is 9.59 Å². The van der Waals surface area contributed by atoms with Gasteiger partial charge in [0.25, 0.3) is 5.91 Å². The van der Waals surface area contributed by atoms with Crippen LogP contribution in [0.3, 0.4) is 0 Å². The van der Waals surface area contributed by atoms with Gasteiger partial charge in [0, 0.05) is 24.7 Å². The first-order chi connectivity index (χ1) is 13.5. The molecule has 1 heterocycles. The number of rotatable bonds is 6. The summed E-state index contributed by atoms with van der Waals surface area (Å²) in [5.41, 5.74) is 2.80. The molecule has 5 heteroatoms. The number of amides is 2. The molecule has 0 aromatic heterocycles. The first-order valence-electron chi connectivity index (χ1n) is 9.92. The fourth-order valence-electron chi connectivity index (χ4n) is 3.40. The van der Waals surface area contributed by atoms with Crippen molar-refractivity contribution < 1.29 is 14.3 Å². The van der Waals surface area contributed by atoms with Gasteiger partial charge >= 0.3 is 0 Å². The van der Waals surface area contributed by atoms with Crippen molar-refractivity contribution >= 4 is 11.8 Å². The highest BCUT2D eigenvalue weighted by Crippen LogP contribution is 2.16. The highest BCUT2D eigenvalue weighted by molar-refractivity contribution is 5.94. The maximum Gasteiger partial charge on any atom is 0.251 e. The molecule has 28 heavy (non-hydrogen) atoms. The number of hydrogen-bond acceptors (Lipinski definition) is 3. The van der Waals surface area contributed by atoms with Gasteiger partial charge in [-0.05, 0) is 56.5 Å². The first-order valence-corrected chi connectivity index (χ1v) is 9.92. The molecule has 0 unspecified atom stereocenters. The van der Waals surface area contributed by atoms with E-state index in [1.165, 1.54) is 0 Å². The van der Waals surface area contributed by atoms with Gasteiger partial charge in [-0.1, -0.05) is 29.8 Å². The lowest BCUT2D eigenvalue weighted by molar-refractivity contribution is -0.131. The average Bonchev–Trinajstić information content (AvgIpc) is 2.70. The van der Waals surface area contributed by atoms with Crippen molar-refractivity contribution in [2.45, 2.75) is 39.2 Å². The molecule has 1 aliphatic heterocycles. The first kappa shape index (κ1) is 19.9. The van der Waals surface area contributed by atoms with Gasteiger partial charge in [-0.15, -0.1) is 0 Å². The Balaban J connectivity index is 1.45. The summed E-state index contributed by atoms with van der Waals surface area (Å²) in [7, 11) is 0. The molecule has 2 aromatic carbocycles. The molecule has 0 saturated carbocycles. The Bertz CT molecular complexity index is 792. The number of nitrogens with zero attached hydrogens (tertiary/aromatic N) is 1. The van der Waals surface area contributed by atoms with Gasteiger partial charge in [0.05, 0.1) is 13.0 Å². The minimum Gasteiger partial charge on any atom is -0.494 e. The number of ether oxygens (including phenoxy) is 1. The van der Waals surface area contributed by atoms with Crippen LogP contribution in [0.4, 0.5) is 0 Å². The van der Waals surface area contributed by atoms with Gasteiger partial charge in [0.2, 0.25) is 5.91 Å². The molecular weight excluding hydrogens is 352 g/mol. The molecule has 0 radical (unpaired) electrons. The standard InChI is InChI=1S/C23H28N2O3/c1-3-28-21-10-6-18(7-11-21)16-22(26)25-14-12-20(13-15-25)24-23(27)19-8-4-17(2)5-9-19/h4-11,20H,3,12-16H2,1-2H3,(H,24,27). The Hall–Kier alpha value is -2.82. The van der Waals surface area contributed by atoms with Gasteiger partial charge in [-0.25, -0.2) is 0 Å². The molecule has 5 nitrogen and oxygen atoms in total. The normalized spacial score (nSPS) is 14.6. The number of benzene rings is 2. The van der Waals surface area contributed by atoms with E-state index >= 15 is 0 Å². The van der Waals surface area contributed by atoms with Crippen LogP contribution in [0.25, 0.3) is 0 Å². The van der Waals surface area contributed by atoms with E-state index in [0.29, 0.717) is 31.7 Å². The molecule has 3 rings (SSSR count). The van der Waals surface area contributed by atoms with Crippen LogP contribution in [0.15, 0.2) is 48.5 Å². The molecule has 2 amide bonds. The molecule has 1 N–H and O–H groups in total. The van der Waals surface area contributed by atoms with Crippen LogP contribution in [0.2, 0.25) is 0 Å². The number of piperidine rings is 1. The van der Waals surface area contributed by atoms with E-state index in [2.05, 4.69) is 5.32 Å². The Morgan fingerprint density at radius 1 is 1.04 bits per heavy atom. The minimum absolute atomic E-state index is 0.0424. The Morgan fingerprint density at radius 2 is 1.68 bits per heavy atom. The molecule has 2 aromatic rings. The second kappa shape index (κ2) is 9.40. The van der Waals surface area contributed by atoms with Crippen molar-refractivity contribution in [3.05, 3.63) is 65.2 Å². The lowest BCUT2D eigenvalue weighted by atomic mass is 10.0. The van der Waals surface area contributed by atoms with E-state index in [1.807, 2.05) is 67.3 Å². The second-order valence-corrected chi connectivity index (χ2v) is 7.25. The minimum atomic E-state index is -0.0424. The summed E-state index contributed by atoms with van der Waals surface area (Å²) < 4.78 is 5.43. The smallest absolute Gasteiger partial charge is 0.251 e. The third-order valence-corrected chi connectivity index (χ3v) is 5.09. The van der Waals surface area contributed by atoms with Crippen molar-refractivity contribution in [3.63, 3.8) is 0 Å². The van der Waals surface area contributed by atoms with Gasteiger partial charge in [-0.2, -0.15) is 0 Å². The highest BCUT2D eigenvalue weighted by atomic mass is 16.5. The van der Waals surface area contributed by atoms with Crippen LogP contribution in [0.5, 0.6) is 5.75 Å². The summed E-state index contributed by atoms with van der Waals surface area (Å²) in [6.45, 7) is 5.93. The predicted octanol–water partition coefficient (Wildman–Crippen LogP) is 3.36. The SMILES string of the molecule is CCOc1ccc(CC(=O)N2CCC(NC(=O)c3ccc(C)cc3)CC2)cc1. The molecular formula is C23H28N2O3. The van der Waals surface area contributed by atoms with E-state index in [-0.39, 0.29) is 17.9 Å². The van der Waals surface area contributed by atoms with Crippen LogP contribution in [-0.4, -0.2) is 42.5 Å². The molecule has 0 atom stereocenters. The van der Waals surface area contributed by atoms with E-state index in [4.69, 9.17) is 4.74 Å². The topological polar surface area (TPSA) is 58.6 Å². The zero-order valence-electron chi connectivity index (χ0n) is 16.6. The molecule has 148 valence electrons. The lowest BCUT2D eigenvalue weighted by Crippen LogP contribution is -2.47. The van der Waals surface area contributed by atoms with Crippen molar-refractivity contribution in [1.29, 1.82) is 0 Å². The third kappa shape index (κ3) is 5.35. The molecule has 1 fully saturated rings. The molecule has 1 saturated heterocycles. The Kier molecular flexibility index (Phi) is 6.69.